The van der Waals surface area contributed by atoms with E-state index in [9.17, 15) is 0 Å². The van der Waals surface area contributed by atoms with Gasteiger partial charge in [0.2, 0.25) is 0 Å². The molecule has 1 aromatic heterocycles. The van der Waals surface area contributed by atoms with Crippen LogP contribution in [0.5, 0.6) is 0 Å². The van der Waals surface area contributed by atoms with Crippen LogP contribution in [-0.2, 0) is 6.42 Å². The zero-order valence-corrected chi connectivity index (χ0v) is 29.3. The second-order valence-electron chi connectivity index (χ2n) is 14.1. The number of rotatable bonds is 4. The van der Waals surface area contributed by atoms with Gasteiger partial charge < -0.3 is 0 Å². The van der Waals surface area contributed by atoms with Gasteiger partial charge in [0.25, 0.3) is 0 Å². The van der Waals surface area contributed by atoms with Crippen molar-refractivity contribution in [3.8, 4) is 27.9 Å². The van der Waals surface area contributed by atoms with E-state index in [0.717, 1.165) is 29.0 Å². The lowest BCUT2D eigenvalue weighted by molar-refractivity contribution is 0.908. The van der Waals surface area contributed by atoms with Gasteiger partial charge in [-0.2, -0.15) is 0 Å². The molecule has 0 bridgehead atoms. The van der Waals surface area contributed by atoms with Crippen molar-refractivity contribution in [2.45, 2.75) is 13.3 Å². The van der Waals surface area contributed by atoms with Crippen LogP contribution in [-0.4, -0.2) is 9.55 Å². The first-order valence-electron chi connectivity index (χ1n) is 18.5. The van der Waals surface area contributed by atoms with Crippen molar-refractivity contribution < 1.29 is 0 Å². The lowest BCUT2D eigenvalue weighted by Gasteiger charge is -2.17. The Morgan fingerprint density at radius 2 is 0.962 bits per heavy atom. The first-order valence-corrected chi connectivity index (χ1v) is 18.5. The molecular formula is C51H34N2. The molecule has 10 aromatic carbocycles. The normalized spacial score (nSPS) is 11.9. The van der Waals surface area contributed by atoms with Crippen molar-refractivity contribution in [3.05, 3.63) is 182 Å². The van der Waals surface area contributed by atoms with E-state index < -0.39 is 0 Å². The van der Waals surface area contributed by atoms with Gasteiger partial charge in [-0.15, -0.1) is 0 Å². The van der Waals surface area contributed by atoms with Crippen molar-refractivity contribution in [2.75, 3.05) is 0 Å². The first-order chi connectivity index (χ1) is 26.2. The minimum Gasteiger partial charge on any atom is -0.296 e. The van der Waals surface area contributed by atoms with E-state index in [4.69, 9.17) is 4.98 Å². The van der Waals surface area contributed by atoms with Gasteiger partial charge in [-0.25, -0.2) is 4.98 Å². The highest BCUT2D eigenvalue weighted by molar-refractivity contribution is 6.33. The van der Waals surface area contributed by atoms with Gasteiger partial charge in [-0.1, -0.05) is 146 Å². The third-order valence-corrected chi connectivity index (χ3v) is 11.3. The van der Waals surface area contributed by atoms with Gasteiger partial charge in [0.05, 0.1) is 11.0 Å². The minimum atomic E-state index is 0.870. The van der Waals surface area contributed by atoms with Gasteiger partial charge in [0, 0.05) is 12.1 Å². The topological polar surface area (TPSA) is 17.8 Å². The predicted molar refractivity (Wildman–Crippen MR) is 226 cm³/mol. The Labute approximate surface area is 307 Å². The second kappa shape index (κ2) is 11.6. The summed E-state index contributed by atoms with van der Waals surface area (Å²) >= 11 is 0. The molecule has 0 aliphatic rings. The zero-order valence-electron chi connectivity index (χ0n) is 29.3. The molecule has 0 N–H and O–H groups in total. The Morgan fingerprint density at radius 3 is 1.66 bits per heavy atom. The van der Waals surface area contributed by atoms with Gasteiger partial charge in [0.1, 0.15) is 5.82 Å². The number of fused-ring (bicyclic) bond motifs is 7. The average molecular weight is 675 g/mol. The maximum atomic E-state index is 4.91. The van der Waals surface area contributed by atoms with Crippen LogP contribution in [0, 0.1) is 0 Å². The lowest BCUT2D eigenvalue weighted by Crippen LogP contribution is -1.99. The molecule has 0 spiro atoms. The molecular weight excluding hydrogens is 641 g/mol. The third-order valence-electron chi connectivity index (χ3n) is 11.3. The highest BCUT2D eigenvalue weighted by Crippen LogP contribution is 2.43. The standard InChI is InChI=1S/C51H34N2/c1-2-49-52-47-20-9-10-21-48(47)53(49)36-26-24-32(25-27-36)37-28-29-38(40-14-4-3-13-39(37)40)35-30-34-23-22-33-12-11-19-45-43-17-7-5-15-41(43)42-16-6-8-18-44(42)46(31-35)51(34)50(33)45/h3-31H,2H2,1H3. The Balaban J connectivity index is 1.14. The molecule has 53 heavy (non-hydrogen) atoms. The summed E-state index contributed by atoms with van der Waals surface area (Å²) in [5, 5.41) is 15.3. The maximum absolute atomic E-state index is 4.91. The van der Waals surface area contributed by atoms with Crippen LogP contribution >= 0.6 is 0 Å². The molecule has 2 heteroatoms. The van der Waals surface area contributed by atoms with E-state index in [1.54, 1.807) is 0 Å². The Morgan fingerprint density at radius 1 is 0.415 bits per heavy atom. The van der Waals surface area contributed by atoms with E-state index in [1.165, 1.54) is 86.9 Å². The molecule has 0 aliphatic heterocycles. The molecule has 0 radical (unpaired) electrons. The number of benzene rings is 9. The summed E-state index contributed by atoms with van der Waals surface area (Å²) in [6.07, 6.45) is 0.870. The molecule has 0 unspecified atom stereocenters. The van der Waals surface area contributed by atoms with E-state index >= 15 is 0 Å². The fourth-order valence-electron chi connectivity index (χ4n) is 8.93. The van der Waals surface area contributed by atoms with E-state index in [1.807, 2.05) is 0 Å². The highest BCUT2D eigenvalue weighted by Gasteiger charge is 2.17. The molecule has 11 rings (SSSR count). The zero-order chi connectivity index (χ0) is 35.0. The van der Waals surface area contributed by atoms with Crippen molar-refractivity contribution in [1.82, 2.24) is 9.55 Å². The van der Waals surface area contributed by atoms with E-state index in [-0.39, 0.29) is 0 Å². The molecule has 0 amide bonds. The molecule has 0 fully saturated rings. The van der Waals surface area contributed by atoms with Crippen LogP contribution in [0.4, 0.5) is 0 Å². The summed E-state index contributed by atoms with van der Waals surface area (Å²) in [7, 11) is 0. The van der Waals surface area contributed by atoms with Gasteiger partial charge in [-0.3, -0.25) is 4.57 Å². The fraction of sp³-hybridized carbons (Fsp3) is 0.0392. The largest absolute Gasteiger partial charge is 0.296 e. The third kappa shape index (κ3) is 4.49. The van der Waals surface area contributed by atoms with Gasteiger partial charge in [0.15, 0.2) is 0 Å². The van der Waals surface area contributed by atoms with E-state index in [2.05, 4.69) is 187 Å². The number of nitrogens with zero attached hydrogens (tertiary/aromatic N) is 2. The summed E-state index contributed by atoms with van der Waals surface area (Å²) in [4.78, 5) is 4.91. The van der Waals surface area contributed by atoms with Gasteiger partial charge in [-0.05, 0) is 123 Å². The van der Waals surface area contributed by atoms with Gasteiger partial charge >= 0.3 is 0 Å². The summed E-state index contributed by atoms with van der Waals surface area (Å²) in [5.74, 6) is 1.07. The summed E-state index contributed by atoms with van der Waals surface area (Å²) in [5.41, 5.74) is 8.21. The minimum absolute atomic E-state index is 0.870. The molecule has 0 saturated carbocycles. The summed E-state index contributed by atoms with van der Waals surface area (Å²) in [6, 6.07) is 65.0. The average Bonchev–Trinajstić information content (AvgIpc) is 3.61. The molecule has 2 nitrogen and oxygen atoms in total. The van der Waals surface area contributed by atoms with Crippen molar-refractivity contribution in [1.29, 1.82) is 0 Å². The summed E-state index contributed by atoms with van der Waals surface area (Å²) < 4.78 is 2.29. The Bertz CT molecular complexity index is 3260. The molecule has 0 atom stereocenters. The number of hydrogen-bond acceptors (Lipinski definition) is 1. The Kier molecular flexibility index (Phi) is 6.56. The number of hydrogen-bond donors (Lipinski definition) is 0. The van der Waals surface area contributed by atoms with E-state index in [0.29, 0.717) is 0 Å². The summed E-state index contributed by atoms with van der Waals surface area (Å²) in [6.45, 7) is 2.17. The SMILES string of the molecule is CCc1nc2ccccc2n1-c1ccc(-c2ccc(-c3cc4ccc5cccc6c7ccccc7c7ccccc7c(c3)c4c56)c3ccccc23)cc1. The van der Waals surface area contributed by atoms with Crippen molar-refractivity contribution in [2.24, 2.45) is 0 Å². The Hall–Kier alpha value is -6.77. The number of para-hydroxylation sites is 2. The molecule has 0 aliphatic carbocycles. The first kappa shape index (κ1) is 29.9. The van der Waals surface area contributed by atoms with Crippen LogP contribution in [0.3, 0.4) is 0 Å². The number of aromatic nitrogens is 2. The smallest absolute Gasteiger partial charge is 0.114 e. The molecule has 0 saturated heterocycles. The van der Waals surface area contributed by atoms with Crippen LogP contribution in [0.25, 0.3) is 104 Å². The predicted octanol–water partition coefficient (Wildman–Crippen LogP) is 13.8. The van der Waals surface area contributed by atoms with Crippen LogP contribution in [0.2, 0.25) is 0 Å². The quantitative estimate of drug-likeness (QED) is 0.170. The molecule has 1 heterocycles. The van der Waals surface area contributed by atoms with Crippen LogP contribution < -0.4 is 0 Å². The highest BCUT2D eigenvalue weighted by atomic mass is 15.1. The number of aryl methyl sites for hydroxylation is 1. The monoisotopic (exact) mass is 674 g/mol. The second-order valence-corrected chi connectivity index (χ2v) is 14.1. The lowest BCUT2D eigenvalue weighted by atomic mass is 9.87. The fourth-order valence-corrected chi connectivity index (χ4v) is 8.93. The van der Waals surface area contributed by atoms with Crippen molar-refractivity contribution >= 4 is 75.7 Å². The van der Waals surface area contributed by atoms with Crippen LogP contribution in [0.15, 0.2) is 176 Å². The van der Waals surface area contributed by atoms with Crippen LogP contribution in [0.1, 0.15) is 12.7 Å². The maximum Gasteiger partial charge on any atom is 0.114 e. The number of imidazole rings is 1. The van der Waals surface area contributed by atoms with Crippen molar-refractivity contribution in [3.63, 3.8) is 0 Å². The molecule has 11 aromatic rings. The molecule has 248 valence electrons.